The van der Waals surface area contributed by atoms with E-state index in [4.69, 9.17) is 9.72 Å². The number of halogens is 1. The van der Waals surface area contributed by atoms with Gasteiger partial charge < -0.3 is 19.9 Å². The van der Waals surface area contributed by atoms with Crippen molar-refractivity contribution in [3.05, 3.63) is 16.1 Å². The van der Waals surface area contributed by atoms with Crippen molar-refractivity contribution in [2.45, 2.75) is 39.7 Å². The van der Waals surface area contributed by atoms with E-state index in [1.54, 1.807) is 16.2 Å². The second-order valence-electron chi connectivity index (χ2n) is 7.91. The van der Waals surface area contributed by atoms with E-state index in [1.165, 1.54) is 23.5 Å². The molecule has 3 heterocycles. The number of hydrogen-bond donors (Lipinski definition) is 1. The third-order valence-corrected chi connectivity index (χ3v) is 6.90. The van der Waals surface area contributed by atoms with Gasteiger partial charge in [0.2, 0.25) is 0 Å². The summed E-state index contributed by atoms with van der Waals surface area (Å²) in [6.45, 7) is 11.5. The average molecular weight is 565 g/mol. The Kier molecular flexibility index (Phi) is 11.3. The first-order valence-corrected chi connectivity index (χ1v) is 12.0. The van der Waals surface area contributed by atoms with Crippen LogP contribution in [0.1, 0.15) is 37.4 Å². The Hall–Kier alpha value is -1.14. The summed E-state index contributed by atoms with van der Waals surface area (Å²) in [4.78, 5) is 27.6. The summed E-state index contributed by atoms with van der Waals surface area (Å²) in [7, 11) is 1.83. The SMILES string of the molecule is CCOC(=O)N1CCN(C(=NC)NCC2CCN(Cc3csc(CC)n3)CC2)CC1.I. The molecule has 31 heavy (non-hydrogen) atoms. The molecule has 0 radical (unpaired) electrons. The fourth-order valence-electron chi connectivity index (χ4n) is 4.05. The van der Waals surface area contributed by atoms with Gasteiger partial charge in [-0.1, -0.05) is 6.92 Å². The van der Waals surface area contributed by atoms with E-state index in [9.17, 15) is 4.79 Å². The van der Waals surface area contributed by atoms with Crippen molar-refractivity contribution in [1.82, 2.24) is 25.0 Å². The molecule has 0 saturated carbocycles. The number of hydrogen-bond acceptors (Lipinski definition) is 6. The van der Waals surface area contributed by atoms with Crippen LogP contribution in [-0.4, -0.2) is 91.2 Å². The Morgan fingerprint density at radius 3 is 2.45 bits per heavy atom. The molecule has 1 aromatic heterocycles. The molecule has 0 aliphatic carbocycles. The molecule has 2 saturated heterocycles. The van der Waals surface area contributed by atoms with Crippen LogP contribution in [0.5, 0.6) is 0 Å². The minimum Gasteiger partial charge on any atom is -0.450 e. The maximum atomic E-state index is 11.9. The number of piperidine rings is 1. The summed E-state index contributed by atoms with van der Waals surface area (Å²) < 4.78 is 5.10. The van der Waals surface area contributed by atoms with Gasteiger partial charge in [-0.25, -0.2) is 9.78 Å². The first-order chi connectivity index (χ1) is 14.6. The number of aliphatic imine (C=N–C) groups is 1. The highest BCUT2D eigenvalue weighted by Gasteiger charge is 2.25. The van der Waals surface area contributed by atoms with Crippen molar-refractivity contribution in [3.63, 3.8) is 0 Å². The van der Waals surface area contributed by atoms with E-state index < -0.39 is 0 Å². The van der Waals surface area contributed by atoms with Crippen LogP contribution >= 0.6 is 35.3 Å². The third kappa shape index (κ3) is 7.74. The van der Waals surface area contributed by atoms with Gasteiger partial charge in [0.15, 0.2) is 5.96 Å². The molecule has 1 amide bonds. The highest BCUT2D eigenvalue weighted by molar-refractivity contribution is 14.0. The summed E-state index contributed by atoms with van der Waals surface area (Å²) in [6, 6.07) is 0. The molecule has 0 unspecified atom stereocenters. The maximum Gasteiger partial charge on any atom is 0.409 e. The molecule has 0 atom stereocenters. The van der Waals surface area contributed by atoms with Crippen LogP contribution in [0.2, 0.25) is 0 Å². The van der Waals surface area contributed by atoms with Gasteiger partial charge in [0, 0.05) is 51.7 Å². The fourth-order valence-corrected chi connectivity index (χ4v) is 4.78. The second kappa shape index (κ2) is 13.4. The lowest BCUT2D eigenvalue weighted by Gasteiger charge is -2.37. The Morgan fingerprint density at radius 2 is 1.87 bits per heavy atom. The number of carbonyl (C=O) groups excluding carboxylic acids is 1. The van der Waals surface area contributed by atoms with Crippen molar-refractivity contribution in [2.75, 3.05) is 59.5 Å². The van der Waals surface area contributed by atoms with Crippen molar-refractivity contribution in [1.29, 1.82) is 0 Å². The molecular formula is C21H37IN6O2S. The van der Waals surface area contributed by atoms with E-state index in [0.717, 1.165) is 51.6 Å². The Balaban J connectivity index is 0.00000341. The van der Waals surface area contributed by atoms with E-state index in [-0.39, 0.29) is 30.1 Å². The topological polar surface area (TPSA) is 73.3 Å². The molecule has 1 aromatic rings. The van der Waals surface area contributed by atoms with Gasteiger partial charge in [0.25, 0.3) is 0 Å². The van der Waals surface area contributed by atoms with E-state index >= 15 is 0 Å². The number of aryl methyl sites for hydroxylation is 1. The quantitative estimate of drug-likeness (QED) is 0.326. The van der Waals surface area contributed by atoms with E-state index in [2.05, 4.69) is 32.4 Å². The van der Waals surface area contributed by atoms with Crippen LogP contribution in [-0.2, 0) is 17.7 Å². The molecule has 0 bridgehead atoms. The van der Waals surface area contributed by atoms with Gasteiger partial charge in [-0.15, -0.1) is 35.3 Å². The van der Waals surface area contributed by atoms with Crippen LogP contribution in [0.3, 0.4) is 0 Å². The lowest BCUT2D eigenvalue weighted by molar-refractivity contribution is 0.0913. The molecular weight excluding hydrogens is 527 g/mol. The van der Waals surface area contributed by atoms with Crippen molar-refractivity contribution >= 4 is 47.4 Å². The number of carbonyl (C=O) groups is 1. The predicted molar refractivity (Wildman–Crippen MR) is 136 cm³/mol. The molecule has 0 spiro atoms. The van der Waals surface area contributed by atoms with Gasteiger partial charge in [0.05, 0.1) is 17.3 Å². The van der Waals surface area contributed by atoms with Crippen molar-refractivity contribution in [3.8, 4) is 0 Å². The van der Waals surface area contributed by atoms with Gasteiger partial charge >= 0.3 is 6.09 Å². The standard InChI is InChI=1S/C21H36N6O2S.HI/c1-4-19-24-18(16-30-19)15-25-8-6-17(7-9-25)14-23-20(22-3)26-10-12-27(13-11-26)21(28)29-5-2;/h16-17H,4-15H2,1-3H3,(H,22,23);1H. The van der Waals surface area contributed by atoms with Gasteiger partial charge in [-0.3, -0.25) is 9.89 Å². The van der Waals surface area contributed by atoms with Gasteiger partial charge in [-0.2, -0.15) is 0 Å². The molecule has 2 aliphatic heterocycles. The number of guanidine groups is 1. The van der Waals surface area contributed by atoms with Crippen LogP contribution in [0, 0.1) is 5.92 Å². The molecule has 10 heteroatoms. The summed E-state index contributed by atoms with van der Waals surface area (Å²) in [5.41, 5.74) is 1.22. The predicted octanol–water partition coefficient (Wildman–Crippen LogP) is 2.89. The minimum absolute atomic E-state index is 0. The number of rotatable bonds is 6. The van der Waals surface area contributed by atoms with Gasteiger partial charge in [0.1, 0.15) is 0 Å². The third-order valence-electron chi connectivity index (χ3n) is 5.86. The lowest BCUT2D eigenvalue weighted by atomic mass is 9.97. The maximum absolute atomic E-state index is 11.9. The fraction of sp³-hybridized carbons (Fsp3) is 0.762. The molecule has 3 rings (SSSR count). The zero-order valence-corrected chi connectivity index (χ0v) is 22.2. The number of amides is 1. The highest BCUT2D eigenvalue weighted by atomic mass is 127. The highest BCUT2D eigenvalue weighted by Crippen LogP contribution is 2.20. The molecule has 0 aromatic carbocycles. The number of thiazole rings is 1. The van der Waals surface area contributed by atoms with Crippen molar-refractivity contribution < 1.29 is 9.53 Å². The molecule has 8 nitrogen and oxygen atoms in total. The summed E-state index contributed by atoms with van der Waals surface area (Å²) in [5, 5.41) is 7.01. The zero-order valence-electron chi connectivity index (χ0n) is 19.0. The monoisotopic (exact) mass is 564 g/mol. The molecule has 1 N–H and O–H groups in total. The first-order valence-electron chi connectivity index (χ1n) is 11.2. The van der Waals surface area contributed by atoms with E-state index in [1.807, 2.05) is 14.0 Å². The Morgan fingerprint density at radius 1 is 1.19 bits per heavy atom. The number of piperazine rings is 1. The number of aromatic nitrogens is 1. The van der Waals surface area contributed by atoms with Crippen LogP contribution in [0.15, 0.2) is 10.4 Å². The Bertz CT molecular complexity index is 700. The number of likely N-dealkylation sites (tertiary alicyclic amines) is 1. The summed E-state index contributed by atoms with van der Waals surface area (Å²) in [6.07, 6.45) is 3.21. The van der Waals surface area contributed by atoms with Crippen molar-refractivity contribution in [2.24, 2.45) is 10.9 Å². The summed E-state index contributed by atoms with van der Waals surface area (Å²) >= 11 is 1.78. The number of nitrogens with zero attached hydrogens (tertiary/aromatic N) is 5. The Labute approximate surface area is 207 Å². The van der Waals surface area contributed by atoms with Crippen LogP contribution in [0.25, 0.3) is 0 Å². The lowest BCUT2D eigenvalue weighted by Crippen LogP contribution is -2.54. The molecule has 2 aliphatic rings. The van der Waals surface area contributed by atoms with Gasteiger partial charge in [-0.05, 0) is 45.2 Å². The van der Waals surface area contributed by atoms with Crippen LogP contribution < -0.4 is 5.32 Å². The smallest absolute Gasteiger partial charge is 0.409 e. The molecule has 176 valence electrons. The molecule has 2 fully saturated rings. The zero-order chi connectivity index (χ0) is 21.3. The number of nitrogens with one attached hydrogen (secondary N) is 1. The normalized spacial score (nSPS) is 18.6. The first kappa shape index (κ1) is 26.1. The summed E-state index contributed by atoms with van der Waals surface area (Å²) in [5.74, 6) is 1.61. The average Bonchev–Trinajstić information content (AvgIpc) is 3.23. The van der Waals surface area contributed by atoms with E-state index in [0.29, 0.717) is 25.6 Å². The largest absolute Gasteiger partial charge is 0.450 e. The minimum atomic E-state index is -0.213. The number of ether oxygens (including phenoxy) is 1. The second-order valence-corrected chi connectivity index (χ2v) is 8.85. The van der Waals surface area contributed by atoms with Crippen LogP contribution in [0.4, 0.5) is 4.79 Å².